The zero-order valence-electron chi connectivity index (χ0n) is 12.7. The van der Waals surface area contributed by atoms with Gasteiger partial charge in [0.15, 0.2) is 0 Å². The van der Waals surface area contributed by atoms with Crippen LogP contribution in [0.4, 0.5) is 26.2 Å². The number of fused-ring (bicyclic) bond motifs is 1. The van der Waals surface area contributed by atoms with Gasteiger partial charge in [-0.25, -0.2) is 9.18 Å². The number of nitrogens with one attached hydrogen (secondary N) is 3. The summed E-state index contributed by atoms with van der Waals surface area (Å²) in [5.41, 5.74) is 2.74. The standard InChI is InChI=1S/C17H15ClFN3O2/c18-13-9-12(4-6-14(13)19)21-17(24)20-11-5-7-15-10(8-11)2-1-3-16(23)22-15/h4-9H,1-3H2,(H,22,23)(H2,20,21,24). The fourth-order valence-electron chi connectivity index (χ4n) is 2.52. The van der Waals surface area contributed by atoms with E-state index in [-0.39, 0.29) is 10.9 Å². The van der Waals surface area contributed by atoms with Crippen molar-refractivity contribution in [2.45, 2.75) is 19.3 Å². The highest BCUT2D eigenvalue weighted by atomic mass is 35.5. The number of hydrogen-bond acceptors (Lipinski definition) is 2. The molecule has 0 spiro atoms. The van der Waals surface area contributed by atoms with Gasteiger partial charge in [-0.05, 0) is 54.8 Å². The summed E-state index contributed by atoms with van der Waals surface area (Å²) >= 11 is 5.68. The van der Waals surface area contributed by atoms with E-state index in [0.717, 1.165) is 24.1 Å². The van der Waals surface area contributed by atoms with Crippen molar-refractivity contribution in [1.82, 2.24) is 0 Å². The molecule has 1 aliphatic rings. The summed E-state index contributed by atoms with van der Waals surface area (Å²) < 4.78 is 13.1. The molecule has 0 saturated carbocycles. The molecular weight excluding hydrogens is 333 g/mol. The summed E-state index contributed by atoms with van der Waals surface area (Å²) in [6, 6.07) is 8.79. The van der Waals surface area contributed by atoms with Crippen LogP contribution in [-0.4, -0.2) is 11.9 Å². The van der Waals surface area contributed by atoms with Crippen molar-refractivity contribution in [3.05, 3.63) is 52.8 Å². The highest BCUT2D eigenvalue weighted by molar-refractivity contribution is 6.31. The van der Waals surface area contributed by atoms with Crippen LogP contribution < -0.4 is 16.0 Å². The van der Waals surface area contributed by atoms with Gasteiger partial charge in [0.1, 0.15) is 5.82 Å². The summed E-state index contributed by atoms with van der Waals surface area (Å²) in [5.74, 6) is -0.546. The number of carbonyl (C=O) groups excluding carboxylic acids is 2. The van der Waals surface area contributed by atoms with E-state index >= 15 is 0 Å². The highest BCUT2D eigenvalue weighted by Gasteiger charge is 2.13. The molecule has 0 aromatic heterocycles. The number of benzene rings is 2. The van der Waals surface area contributed by atoms with Gasteiger partial charge in [-0.1, -0.05) is 11.6 Å². The maximum Gasteiger partial charge on any atom is 0.323 e. The van der Waals surface area contributed by atoms with E-state index in [1.165, 1.54) is 18.2 Å². The van der Waals surface area contributed by atoms with Gasteiger partial charge in [-0.15, -0.1) is 0 Å². The second-order valence-corrected chi connectivity index (χ2v) is 5.89. The van der Waals surface area contributed by atoms with Crippen molar-refractivity contribution in [3.63, 3.8) is 0 Å². The molecule has 0 saturated heterocycles. The molecular formula is C17H15ClFN3O2. The number of anilines is 3. The minimum atomic E-state index is -0.546. The van der Waals surface area contributed by atoms with Crippen LogP contribution in [0.5, 0.6) is 0 Å². The second-order valence-electron chi connectivity index (χ2n) is 5.48. The van der Waals surface area contributed by atoms with Gasteiger partial charge < -0.3 is 16.0 Å². The Morgan fingerprint density at radius 3 is 2.54 bits per heavy atom. The minimum absolute atomic E-state index is 0.000362. The van der Waals surface area contributed by atoms with E-state index in [2.05, 4.69) is 16.0 Å². The highest BCUT2D eigenvalue weighted by Crippen LogP contribution is 2.25. The predicted molar refractivity (Wildman–Crippen MR) is 92.1 cm³/mol. The van der Waals surface area contributed by atoms with E-state index < -0.39 is 11.8 Å². The van der Waals surface area contributed by atoms with Crippen LogP contribution in [0.1, 0.15) is 18.4 Å². The topological polar surface area (TPSA) is 70.2 Å². The molecule has 124 valence electrons. The van der Waals surface area contributed by atoms with Crippen LogP contribution >= 0.6 is 11.6 Å². The molecule has 3 amide bonds. The Bertz CT molecular complexity index is 810. The van der Waals surface area contributed by atoms with Crippen LogP contribution in [0.25, 0.3) is 0 Å². The molecule has 0 fully saturated rings. The molecule has 5 nitrogen and oxygen atoms in total. The van der Waals surface area contributed by atoms with Gasteiger partial charge >= 0.3 is 6.03 Å². The Kier molecular flexibility index (Phi) is 4.66. The van der Waals surface area contributed by atoms with Crippen molar-refractivity contribution in [3.8, 4) is 0 Å². The van der Waals surface area contributed by atoms with Crippen LogP contribution in [0, 0.1) is 5.82 Å². The maximum atomic E-state index is 13.1. The fraction of sp³-hybridized carbons (Fsp3) is 0.176. The van der Waals surface area contributed by atoms with E-state index in [1.54, 1.807) is 12.1 Å². The van der Waals surface area contributed by atoms with E-state index in [1.807, 2.05) is 6.07 Å². The first-order valence-corrected chi connectivity index (χ1v) is 7.85. The smallest absolute Gasteiger partial charge is 0.323 e. The number of hydrogen-bond donors (Lipinski definition) is 3. The summed E-state index contributed by atoms with van der Waals surface area (Å²) in [6.45, 7) is 0. The van der Waals surface area contributed by atoms with Crippen LogP contribution in [0.15, 0.2) is 36.4 Å². The maximum absolute atomic E-state index is 13.1. The lowest BCUT2D eigenvalue weighted by atomic mass is 10.1. The summed E-state index contributed by atoms with van der Waals surface area (Å²) in [6.07, 6.45) is 2.02. The van der Waals surface area contributed by atoms with Crippen molar-refractivity contribution in [2.75, 3.05) is 16.0 Å². The summed E-state index contributed by atoms with van der Waals surface area (Å²) in [7, 11) is 0. The van der Waals surface area contributed by atoms with Crippen LogP contribution in [0.3, 0.4) is 0 Å². The van der Waals surface area contributed by atoms with Gasteiger partial charge in [0.25, 0.3) is 0 Å². The second kappa shape index (κ2) is 6.88. The Hall–Kier alpha value is -2.60. The van der Waals surface area contributed by atoms with E-state index in [4.69, 9.17) is 11.6 Å². The number of urea groups is 1. The Morgan fingerprint density at radius 1 is 1.08 bits per heavy atom. The average Bonchev–Trinajstić information content (AvgIpc) is 2.71. The molecule has 3 rings (SSSR count). The van der Waals surface area contributed by atoms with Gasteiger partial charge in [0.2, 0.25) is 5.91 Å². The van der Waals surface area contributed by atoms with Crippen molar-refractivity contribution >= 4 is 40.6 Å². The quantitative estimate of drug-likeness (QED) is 0.753. The minimum Gasteiger partial charge on any atom is -0.326 e. The average molecular weight is 348 g/mol. The Morgan fingerprint density at radius 2 is 1.79 bits per heavy atom. The first-order chi connectivity index (χ1) is 11.5. The molecule has 1 aliphatic heterocycles. The molecule has 0 bridgehead atoms. The number of carbonyl (C=O) groups is 2. The Labute approximate surface area is 143 Å². The van der Waals surface area contributed by atoms with Crippen LogP contribution in [-0.2, 0) is 11.2 Å². The number of amides is 3. The summed E-state index contributed by atoms with van der Waals surface area (Å²) in [4.78, 5) is 23.6. The van der Waals surface area contributed by atoms with Gasteiger partial charge in [0, 0.05) is 23.5 Å². The normalized spacial score (nSPS) is 13.5. The molecule has 0 aliphatic carbocycles. The van der Waals surface area contributed by atoms with E-state index in [0.29, 0.717) is 17.8 Å². The molecule has 3 N–H and O–H groups in total. The third-order valence-electron chi connectivity index (χ3n) is 3.66. The number of aryl methyl sites for hydroxylation is 1. The fourth-order valence-corrected chi connectivity index (χ4v) is 2.70. The lowest BCUT2D eigenvalue weighted by Gasteiger charge is -2.11. The monoisotopic (exact) mass is 347 g/mol. The Balaban J connectivity index is 1.69. The van der Waals surface area contributed by atoms with E-state index in [9.17, 15) is 14.0 Å². The van der Waals surface area contributed by atoms with Crippen molar-refractivity contribution in [2.24, 2.45) is 0 Å². The molecule has 0 radical (unpaired) electrons. The van der Waals surface area contributed by atoms with Gasteiger partial charge in [-0.2, -0.15) is 0 Å². The molecule has 7 heteroatoms. The molecule has 1 heterocycles. The molecule has 0 atom stereocenters. The molecule has 24 heavy (non-hydrogen) atoms. The first kappa shape index (κ1) is 16.3. The summed E-state index contributed by atoms with van der Waals surface area (Å²) in [5, 5.41) is 8.07. The number of halogens is 2. The third kappa shape index (κ3) is 3.83. The molecule has 2 aromatic carbocycles. The lowest BCUT2D eigenvalue weighted by molar-refractivity contribution is -0.116. The number of rotatable bonds is 2. The predicted octanol–water partition coefficient (Wildman–Crippen LogP) is 4.40. The SMILES string of the molecule is O=C1CCCc2cc(NC(=O)Nc3ccc(F)c(Cl)c3)ccc2N1. The molecule has 0 unspecified atom stereocenters. The van der Waals surface area contributed by atoms with Crippen molar-refractivity contribution in [1.29, 1.82) is 0 Å². The van der Waals surface area contributed by atoms with Crippen molar-refractivity contribution < 1.29 is 14.0 Å². The zero-order chi connectivity index (χ0) is 17.1. The van der Waals surface area contributed by atoms with Gasteiger partial charge in [0.05, 0.1) is 5.02 Å². The van der Waals surface area contributed by atoms with Gasteiger partial charge in [-0.3, -0.25) is 4.79 Å². The molecule has 2 aromatic rings. The largest absolute Gasteiger partial charge is 0.326 e. The first-order valence-electron chi connectivity index (χ1n) is 7.47. The third-order valence-corrected chi connectivity index (χ3v) is 3.95. The van der Waals surface area contributed by atoms with Crippen LogP contribution in [0.2, 0.25) is 5.02 Å². The zero-order valence-corrected chi connectivity index (χ0v) is 13.4. The lowest BCUT2D eigenvalue weighted by Crippen LogP contribution is -2.19.